The average molecular weight is 292 g/mol. The summed E-state index contributed by atoms with van der Waals surface area (Å²) in [5.74, 6) is 0.672. The molecule has 0 aromatic carbocycles. The lowest BCUT2D eigenvalue weighted by atomic mass is 10.2. The fraction of sp³-hybridized carbons (Fsp3) is 0.462. The van der Waals surface area contributed by atoms with E-state index in [-0.39, 0.29) is 11.8 Å². The molecule has 2 aromatic heterocycles. The standard InChI is InChI=1S/C13H16N4O2S/c1-8-6-14-11(19-8)12(18)17-5-4-9-10(7-17)20-13(15-9)16(2)3/h6H,4-5,7H2,1-3H3. The Hall–Kier alpha value is -1.89. The predicted molar refractivity (Wildman–Crippen MR) is 76.1 cm³/mol. The number of hydrogen-bond donors (Lipinski definition) is 0. The van der Waals surface area contributed by atoms with E-state index in [2.05, 4.69) is 9.97 Å². The van der Waals surface area contributed by atoms with Gasteiger partial charge in [0.25, 0.3) is 5.89 Å². The first kappa shape index (κ1) is 13.1. The summed E-state index contributed by atoms with van der Waals surface area (Å²) >= 11 is 1.63. The number of rotatable bonds is 2. The minimum Gasteiger partial charge on any atom is -0.438 e. The number of anilines is 1. The van der Waals surface area contributed by atoms with E-state index in [1.165, 1.54) is 0 Å². The van der Waals surface area contributed by atoms with Crippen LogP contribution >= 0.6 is 11.3 Å². The quantitative estimate of drug-likeness (QED) is 0.843. The van der Waals surface area contributed by atoms with Crippen molar-refractivity contribution >= 4 is 22.4 Å². The molecule has 0 atom stereocenters. The van der Waals surface area contributed by atoms with Crippen molar-refractivity contribution in [1.82, 2.24) is 14.9 Å². The molecule has 0 saturated heterocycles. The highest BCUT2D eigenvalue weighted by Gasteiger charge is 2.27. The number of carbonyl (C=O) groups excluding carboxylic acids is 1. The molecule has 1 aliphatic heterocycles. The second-order valence-corrected chi connectivity index (χ2v) is 6.08. The van der Waals surface area contributed by atoms with Crippen molar-refractivity contribution in [2.75, 3.05) is 25.5 Å². The molecule has 0 N–H and O–H groups in total. The minimum absolute atomic E-state index is 0.149. The molecule has 1 amide bonds. The van der Waals surface area contributed by atoms with Gasteiger partial charge in [0.15, 0.2) is 5.13 Å². The summed E-state index contributed by atoms with van der Waals surface area (Å²) < 4.78 is 5.31. The highest BCUT2D eigenvalue weighted by Crippen LogP contribution is 2.30. The van der Waals surface area contributed by atoms with Gasteiger partial charge >= 0.3 is 5.91 Å². The number of nitrogens with zero attached hydrogens (tertiary/aromatic N) is 4. The van der Waals surface area contributed by atoms with Gasteiger partial charge in [-0.2, -0.15) is 0 Å². The highest BCUT2D eigenvalue weighted by molar-refractivity contribution is 7.15. The zero-order valence-corrected chi connectivity index (χ0v) is 12.5. The van der Waals surface area contributed by atoms with Gasteiger partial charge in [-0.05, 0) is 6.92 Å². The molecule has 0 saturated carbocycles. The Balaban J connectivity index is 1.79. The van der Waals surface area contributed by atoms with Crippen LogP contribution in [0.1, 0.15) is 27.0 Å². The number of aromatic nitrogens is 2. The van der Waals surface area contributed by atoms with E-state index in [1.807, 2.05) is 19.0 Å². The van der Waals surface area contributed by atoms with E-state index in [9.17, 15) is 4.79 Å². The molecule has 3 rings (SSSR count). The van der Waals surface area contributed by atoms with Crippen molar-refractivity contribution in [2.24, 2.45) is 0 Å². The van der Waals surface area contributed by atoms with Crippen LogP contribution in [0.15, 0.2) is 10.6 Å². The fourth-order valence-electron chi connectivity index (χ4n) is 2.14. The van der Waals surface area contributed by atoms with E-state index < -0.39 is 0 Å². The molecule has 0 bridgehead atoms. The van der Waals surface area contributed by atoms with Crippen molar-refractivity contribution in [3.63, 3.8) is 0 Å². The minimum atomic E-state index is -0.149. The molecule has 0 unspecified atom stereocenters. The predicted octanol–water partition coefficient (Wildman–Crippen LogP) is 1.70. The molecule has 20 heavy (non-hydrogen) atoms. The van der Waals surface area contributed by atoms with Crippen LogP contribution < -0.4 is 4.90 Å². The van der Waals surface area contributed by atoms with Gasteiger partial charge in [-0.15, -0.1) is 0 Å². The van der Waals surface area contributed by atoms with E-state index in [0.29, 0.717) is 18.8 Å². The van der Waals surface area contributed by atoms with Crippen LogP contribution in [0.4, 0.5) is 5.13 Å². The lowest BCUT2D eigenvalue weighted by molar-refractivity contribution is 0.0694. The number of carbonyl (C=O) groups is 1. The van der Waals surface area contributed by atoms with E-state index >= 15 is 0 Å². The van der Waals surface area contributed by atoms with E-state index in [1.54, 1.807) is 29.4 Å². The third-order valence-electron chi connectivity index (χ3n) is 3.19. The third kappa shape index (κ3) is 2.29. The van der Waals surface area contributed by atoms with Crippen molar-refractivity contribution in [1.29, 1.82) is 0 Å². The van der Waals surface area contributed by atoms with E-state index in [4.69, 9.17) is 4.42 Å². The van der Waals surface area contributed by atoms with Gasteiger partial charge in [0.05, 0.1) is 18.4 Å². The zero-order valence-electron chi connectivity index (χ0n) is 11.7. The van der Waals surface area contributed by atoms with Crippen molar-refractivity contribution in [3.8, 4) is 0 Å². The van der Waals surface area contributed by atoms with Gasteiger partial charge < -0.3 is 14.2 Å². The molecule has 0 radical (unpaired) electrons. The first-order valence-corrected chi connectivity index (χ1v) is 7.24. The second kappa shape index (κ2) is 4.90. The smallest absolute Gasteiger partial charge is 0.310 e. The molecule has 2 aromatic rings. The molecule has 0 fully saturated rings. The topological polar surface area (TPSA) is 62.5 Å². The van der Waals surface area contributed by atoms with Crippen LogP contribution in [0.5, 0.6) is 0 Å². The van der Waals surface area contributed by atoms with Crippen LogP contribution in [0, 0.1) is 6.92 Å². The SMILES string of the molecule is Cc1cnc(C(=O)N2CCc3nc(N(C)C)sc3C2)o1. The molecule has 6 nitrogen and oxygen atoms in total. The summed E-state index contributed by atoms with van der Waals surface area (Å²) in [6.45, 7) is 3.02. The van der Waals surface area contributed by atoms with Gasteiger partial charge in [0.1, 0.15) is 5.76 Å². The Labute approximate surface area is 121 Å². The summed E-state index contributed by atoms with van der Waals surface area (Å²) in [5.41, 5.74) is 1.10. The second-order valence-electron chi connectivity index (χ2n) is 5.01. The van der Waals surface area contributed by atoms with Crippen LogP contribution in [0.3, 0.4) is 0 Å². The number of aryl methyl sites for hydroxylation is 1. The van der Waals surface area contributed by atoms with Gasteiger partial charge in [0, 0.05) is 31.9 Å². The average Bonchev–Trinajstić information content (AvgIpc) is 3.02. The summed E-state index contributed by atoms with van der Waals surface area (Å²) in [5, 5.41) is 0.983. The van der Waals surface area contributed by atoms with E-state index in [0.717, 1.165) is 22.1 Å². The van der Waals surface area contributed by atoms with Crippen molar-refractivity contribution < 1.29 is 9.21 Å². The van der Waals surface area contributed by atoms with Crippen LogP contribution in [0.2, 0.25) is 0 Å². The molecular formula is C13H16N4O2S. The molecular weight excluding hydrogens is 276 g/mol. The van der Waals surface area contributed by atoms with Gasteiger partial charge in [-0.3, -0.25) is 4.79 Å². The Kier molecular flexibility index (Phi) is 3.21. The first-order valence-electron chi connectivity index (χ1n) is 6.42. The maximum absolute atomic E-state index is 12.3. The Morgan fingerprint density at radius 3 is 2.95 bits per heavy atom. The van der Waals surface area contributed by atoms with Crippen LogP contribution in [-0.4, -0.2) is 41.4 Å². The Morgan fingerprint density at radius 1 is 1.50 bits per heavy atom. The largest absolute Gasteiger partial charge is 0.438 e. The van der Waals surface area contributed by atoms with Gasteiger partial charge in [-0.25, -0.2) is 9.97 Å². The maximum atomic E-state index is 12.3. The molecule has 7 heteroatoms. The summed E-state index contributed by atoms with van der Waals surface area (Å²) in [6.07, 6.45) is 2.35. The first-order chi connectivity index (χ1) is 9.54. The Bertz CT molecular complexity index is 647. The Morgan fingerprint density at radius 2 is 2.30 bits per heavy atom. The number of fused-ring (bicyclic) bond motifs is 1. The number of amides is 1. The summed E-state index contributed by atoms with van der Waals surface area (Å²) in [4.78, 5) is 25.8. The number of thiazole rings is 1. The molecule has 3 heterocycles. The lowest BCUT2D eigenvalue weighted by Gasteiger charge is -2.24. The molecule has 0 spiro atoms. The zero-order chi connectivity index (χ0) is 14.3. The monoisotopic (exact) mass is 292 g/mol. The summed E-state index contributed by atoms with van der Waals surface area (Å²) in [6, 6.07) is 0. The third-order valence-corrected chi connectivity index (χ3v) is 4.44. The van der Waals surface area contributed by atoms with Gasteiger partial charge in [-0.1, -0.05) is 11.3 Å². The van der Waals surface area contributed by atoms with Crippen LogP contribution in [0.25, 0.3) is 0 Å². The highest BCUT2D eigenvalue weighted by atomic mass is 32.1. The number of oxazole rings is 1. The maximum Gasteiger partial charge on any atom is 0.310 e. The van der Waals surface area contributed by atoms with Crippen molar-refractivity contribution in [3.05, 3.63) is 28.4 Å². The summed E-state index contributed by atoms with van der Waals surface area (Å²) in [7, 11) is 3.95. The lowest BCUT2D eigenvalue weighted by Crippen LogP contribution is -2.35. The normalized spacial score (nSPS) is 14.2. The van der Waals surface area contributed by atoms with Gasteiger partial charge in [0.2, 0.25) is 0 Å². The molecule has 106 valence electrons. The molecule has 0 aliphatic carbocycles. The number of hydrogen-bond acceptors (Lipinski definition) is 6. The molecule has 1 aliphatic rings. The van der Waals surface area contributed by atoms with Crippen LogP contribution in [-0.2, 0) is 13.0 Å². The fourth-order valence-corrected chi connectivity index (χ4v) is 3.18. The van der Waals surface area contributed by atoms with Crippen molar-refractivity contribution in [2.45, 2.75) is 19.9 Å².